The second-order valence-corrected chi connectivity index (χ2v) is 4.89. The minimum Gasteiger partial charge on any atom is -0.389 e. The quantitative estimate of drug-likeness (QED) is 0.877. The average molecular weight is 292 g/mol. The number of benzene rings is 2. The number of hydrogen-bond acceptors (Lipinski definition) is 2. The van der Waals surface area contributed by atoms with E-state index < -0.39 is 5.82 Å². The van der Waals surface area contributed by atoms with Crippen molar-refractivity contribution in [1.29, 1.82) is 0 Å². The van der Waals surface area contributed by atoms with Gasteiger partial charge in [0, 0.05) is 24.7 Å². The maximum atomic E-state index is 14.2. The van der Waals surface area contributed by atoms with Crippen molar-refractivity contribution in [2.75, 3.05) is 11.9 Å². The molecule has 20 heavy (non-hydrogen) atoms. The summed E-state index contributed by atoms with van der Waals surface area (Å²) in [6.45, 7) is 0.225. The van der Waals surface area contributed by atoms with Crippen molar-refractivity contribution in [3.8, 4) is 0 Å². The fraction of sp³-hybridized carbons (Fsp3) is 0.133. The Morgan fingerprint density at radius 1 is 1.15 bits per heavy atom. The van der Waals surface area contributed by atoms with Gasteiger partial charge in [0.25, 0.3) is 0 Å². The van der Waals surface area contributed by atoms with Gasteiger partial charge in [0.2, 0.25) is 0 Å². The van der Waals surface area contributed by atoms with Gasteiger partial charge in [-0.25, -0.2) is 8.78 Å². The summed E-state index contributed by atoms with van der Waals surface area (Å²) >= 11 is 4.80. The van der Waals surface area contributed by atoms with Crippen LogP contribution < -0.4 is 10.6 Å². The molecule has 0 unspecified atom stereocenters. The first-order chi connectivity index (χ1) is 9.50. The SMILES string of the molecule is CN(Cc1cccc(C(N)=S)c1F)c1ccccc1F. The molecule has 0 saturated heterocycles. The van der Waals surface area contributed by atoms with Crippen LogP contribution in [0.1, 0.15) is 11.1 Å². The number of nitrogens with zero attached hydrogens (tertiary/aromatic N) is 1. The summed E-state index contributed by atoms with van der Waals surface area (Å²) < 4.78 is 27.9. The van der Waals surface area contributed by atoms with Crippen LogP contribution in [0.5, 0.6) is 0 Å². The lowest BCUT2D eigenvalue weighted by molar-refractivity contribution is 0.599. The molecule has 0 aromatic heterocycles. The van der Waals surface area contributed by atoms with Gasteiger partial charge in [-0.05, 0) is 18.2 Å². The molecular weight excluding hydrogens is 278 g/mol. The van der Waals surface area contributed by atoms with Crippen molar-refractivity contribution < 1.29 is 8.78 Å². The van der Waals surface area contributed by atoms with Gasteiger partial charge in [-0.1, -0.05) is 36.5 Å². The van der Waals surface area contributed by atoms with E-state index in [0.29, 0.717) is 11.3 Å². The summed E-state index contributed by atoms with van der Waals surface area (Å²) in [5.41, 5.74) is 6.50. The Morgan fingerprint density at radius 2 is 1.85 bits per heavy atom. The molecule has 0 saturated carbocycles. The van der Waals surface area contributed by atoms with Crippen LogP contribution in [-0.2, 0) is 6.54 Å². The van der Waals surface area contributed by atoms with Gasteiger partial charge < -0.3 is 10.6 Å². The third-order valence-corrected chi connectivity index (χ3v) is 3.24. The zero-order valence-electron chi connectivity index (χ0n) is 10.9. The van der Waals surface area contributed by atoms with Crippen molar-refractivity contribution in [2.45, 2.75) is 6.54 Å². The van der Waals surface area contributed by atoms with Crippen molar-refractivity contribution in [3.05, 3.63) is 65.2 Å². The lowest BCUT2D eigenvalue weighted by atomic mass is 10.1. The molecule has 0 radical (unpaired) electrons. The van der Waals surface area contributed by atoms with Crippen molar-refractivity contribution in [2.24, 2.45) is 5.73 Å². The molecule has 0 fully saturated rings. The van der Waals surface area contributed by atoms with Gasteiger partial charge in [0.1, 0.15) is 16.6 Å². The van der Waals surface area contributed by atoms with Crippen LogP contribution in [0.25, 0.3) is 0 Å². The monoisotopic (exact) mass is 292 g/mol. The maximum Gasteiger partial charge on any atom is 0.146 e. The first kappa shape index (κ1) is 14.4. The first-order valence-corrected chi connectivity index (χ1v) is 6.44. The molecule has 2 nitrogen and oxygen atoms in total. The molecule has 2 N–H and O–H groups in total. The predicted octanol–water partition coefficient (Wildman–Crippen LogP) is 3.24. The smallest absolute Gasteiger partial charge is 0.146 e. The van der Waals surface area contributed by atoms with E-state index in [1.54, 1.807) is 42.3 Å². The predicted molar refractivity (Wildman–Crippen MR) is 80.8 cm³/mol. The van der Waals surface area contributed by atoms with Gasteiger partial charge in [-0.15, -0.1) is 0 Å². The lowest BCUT2D eigenvalue weighted by Crippen LogP contribution is -2.20. The molecule has 104 valence electrons. The molecule has 0 bridgehead atoms. The van der Waals surface area contributed by atoms with E-state index >= 15 is 0 Å². The van der Waals surface area contributed by atoms with E-state index in [2.05, 4.69) is 0 Å². The van der Waals surface area contributed by atoms with Crippen LogP contribution in [0.4, 0.5) is 14.5 Å². The van der Waals surface area contributed by atoms with E-state index in [1.807, 2.05) is 0 Å². The summed E-state index contributed by atoms with van der Waals surface area (Å²) in [5.74, 6) is -0.802. The van der Waals surface area contributed by atoms with E-state index in [-0.39, 0.29) is 22.9 Å². The Morgan fingerprint density at radius 3 is 2.50 bits per heavy atom. The van der Waals surface area contributed by atoms with E-state index in [0.717, 1.165) is 0 Å². The van der Waals surface area contributed by atoms with Crippen molar-refractivity contribution >= 4 is 22.9 Å². The highest BCUT2D eigenvalue weighted by Crippen LogP contribution is 2.21. The summed E-state index contributed by atoms with van der Waals surface area (Å²) in [7, 11) is 1.70. The van der Waals surface area contributed by atoms with Crippen LogP contribution in [-0.4, -0.2) is 12.0 Å². The molecule has 0 aliphatic heterocycles. The van der Waals surface area contributed by atoms with E-state index in [1.165, 1.54) is 12.1 Å². The maximum absolute atomic E-state index is 14.2. The van der Waals surface area contributed by atoms with Crippen LogP contribution in [0, 0.1) is 11.6 Å². The van der Waals surface area contributed by atoms with Gasteiger partial charge in [-0.3, -0.25) is 0 Å². The summed E-state index contributed by atoms with van der Waals surface area (Å²) in [4.78, 5) is 1.65. The standard InChI is InChI=1S/C15H14F2N2S/c1-19(13-8-3-2-7-12(13)16)9-10-5-4-6-11(14(10)17)15(18)20/h2-8H,9H2,1H3,(H2,18,20). The molecule has 0 atom stereocenters. The Kier molecular flexibility index (Phi) is 4.29. The van der Waals surface area contributed by atoms with Gasteiger partial charge in [0.05, 0.1) is 5.69 Å². The Labute approximate surface area is 121 Å². The van der Waals surface area contributed by atoms with E-state index in [9.17, 15) is 8.78 Å². The molecule has 5 heteroatoms. The number of nitrogens with two attached hydrogens (primary N) is 1. The fourth-order valence-corrected chi connectivity index (χ4v) is 2.15. The van der Waals surface area contributed by atoms with Crippen LogP contribution in [0.2, 0.25) is 0 Å². The molecule has 2 aromatic rings. The van der Waals surface area contributed by atoms with Gasteiger partial charge in [0.15, 0.2) is 0 Å². The van der Waals surface area contributed by atoms with Crippen LogP contribution in [0.3, 0.4) is 0 Å². The second kappa shape index (κ2) is 5.96. The Hall–Kier alpha value is -2.01. The van der Waals surface area contributed by atoms with Crippen LogP contribution in [0.15, 0.2) is 42.5 Å². The normalized spacial score (nSPS) is 10.3. The molecule has 2 aromatic carbocycles. The Bertz CT molecular complexity index is 644. The number of hydrogen-bond donors (Lipinski definition) is 1. The summed E-state index contributed by atoms with van der Waals surface area (Å²) in [6.07, 6.45) is 0. The minimum atomic E-state index is -0.455. The third-order valence-electron chi connectivity index (χ3n) is 3.02. The van der Waals surface area contributed by atoms with Crippen molar-refractivity contribution in [1.82, 2.24) is 0 Å². The molecule has 0 amide bonds. The third kappa shape index (κ3) is 2.93. The zero-order valence-corrected chi connectivity index (χ0v) is 11.8. The highest BCUT2D eigenvalue weighted by Gasteiger charge is 2.13. The highest BCUT2D eigenvalue weighted by molar-refractivity contribution is 7.80. The number of para-hydroxylation sites is 1. The average Bonchev–Trinajstić information content (AvgIpc) is 2.41. The molecule has 0 heterocycles. The summed E-state index contributed by atoms with van der Waals surface area (Å²) in [6, 6.07) is 11.2. The largest absolute Gasteiger partial charge is 0.389 e. The van der Waals surface area contributed by atoms with Crippen LogP contribution >= 0.6 is 12.2 Å². The van der Waals surface area contributed by atoms with Crippen molar-refractivity contribution in [3.63, 3.8) is 0 Å². The number of rotatable bonds is 4. The van der Waals surface area contributed by atoms with E-state index in [4.69, 9.17) is 18.0 Å². The molecular formula is C15H14F2N2S. The zero-order chi connectivity index (χ0) is 14.7. The number of thiocarbonyl (C=S) groups is 1. The first-order valence-electron chi connectivity index (χ1n) is 6.03. The topological polar surface area (TPSA) is 29.3 Å². The fourth-order valence-electron chi connectivity index (χ4n) is 1.99. The molecule has 2 rings (SSSR count). The summed E-state index contributed by atoms with van der Waals surface area (Å²) in [5, 5.41) is 0. The molecule has 0 aliphatic carbocycles. The molecule has 0 spiro atoms. The number of anilines is 1. The minimum absolute atomic E-state index is 0.0119. The Balaban J connectivity index is 2.29. The second-order valence-electron chi connectivity index (χ2n) is 4.45. The highest BCUT2D eigenvalue weighted by atomic mass is 32.1. The lowest BCUT2D eigenvalue weighted by Gasteiger charge is -2.20. The van der Waals surface area contributed by atoms with Gasteiger partial charge >= 0.3 is 0 Å². The van der Waals surface area contributed by atoms with Gasteiger partial charge in [-0.2, -0.15) is 0 Å². The molecule has 0 aliphatic rings. The number of halogens is 2.